The third kappa shape index (κ3) is 3.33. The highest BCUT2D eigenvalue weighted by molar-refractivity contribution is 5.91. The third-order valence-electron chi connectivity index (χ3n) is 4.71. The SMILES string of the molecule is O=C(Cc1ccc2nc[nH]c2c1)N1CCCN(C(=O)c2ccco2)CC1. The van der Waals surface area contributed by atoms with E-state index in [0.717, 1.165) is 23.0 Å². The van der Waals surface area contributed by atoms with Crippen LogP contribution in [-0.2, 0) is 11.2 Å². The summed E-state index contributed by atoms with van der Waals surface area (Å²) in [5.74, 6) is 0.308. The molecule has 0 spiro atoms. The summed E-state index contributed by atoms with van der Waals surface area (Å²) in [7, 11) is 0. The van der Waals surface area contributed by atoms with Gasteiger partial charge in [-0.2, -0.15) is 0 Å². The van der Waals surface area contributed by atoms with Gasteiger partial charge in [0.2, 0.25) is 5.91 Å². The minimum absolute atomic E-state index is 0.0798. The Morgan fingerprint density at radius 3 is 2.81 bits per heavy atom. The van der Waals surface area contributed by atoms with Crippen molar-refractivity contribution in [3.05, 3.63) is 54.2 Å². The highest BCUT2D eigenvalue weighted by Gasteiger charge is 2.24. The van der Waals surface area contributed by atoms with Crippen molar-refractivity contribution in [3.63, 3.8) is 0 Å². The van der Waals surface area contributed by atoms with Crippen LogP contribution in [0.2, 0.25) is 0 Å². The Balaban J connectivity index is 1.38. The molecule has 3 aromatic rings. The van der Waals surface area contributed by atoms with Gasteiger partial charge >= 0.3 is 0 Å². The van der Waals surface area contributed by atoms with Crippen molar-refractivity contribution in [3.8, 4) is 0 Å². The fourth-order valence-electron chi connectivity index (χ4n) is 3.31. The van der Waals surface area contributed by atoms with Gasteiger partial charge in [-0.05, 0) is 36.2 Å². The van der Waals surface area contributed by atoms with E-state index >= 15 is 0 Å². The number of fused-ring (bicyclic) bond motifs is 1. The van der Waals surface area contributed by atoms with Crippen molar-refractivity contribution in [2.24, 2.45) is 0 Å². The van der Waals surface area contributed by atoms with Crippen LogP contribution < -0.4 is 0 Å². The summed E-state index contributed by atoms with van der Waals surface area (Å²) in [6, 6.07) is 9.19. The van der Waals surface area contributed by atoms with E-state index in [1.807, 2.05) is 23.1 Å². The van der Waals surface area contributed by atoms with E-state index in [9.17, 15) is 9.59 Å². The molecule has 1 aliphatic rings. The lowest BCUT2D eigenvalue weighted by Crippen LogP contribution is -2.37. The summed E-state index contributed by atoms with van der Waals surface area (Å²) in [5.41, 5.74) is 2.78. The van der Waals surface area contributed by atoms with Gasteiger partial charge in [-0.3, -0.25) is 9.59 Å². The Kier molecular flexibility index (Phi) is 4.43. The van der Waals surface area contributed by atoms with Gasteiger partial charge in [-0.15, -0.1) is 0 Å². The number of rotatable bonds is 3. The second-order valence-electron chi connectivity index (χ2n) is 6.43. The molecular formula is C19H20N4O3. The molecule has 0 saturated carbocycles. The molecule has 0 aliphatic carbocycles. The van der Waals surface area contributed by atoms with Crippen molar-refractivity contribution in [2.75, 3.05) is 26.2 Å². The van der Waals surface area contributed by atoms with Gasteiger partial charge in [-0.1, -0.05) is 6.07 Å². The molecule has 1 fully saturated rings. The van der Waals surface area contributed by atoms with Gasteiger partial charge < -0.3 is 19.2 Å². The number of amides is 2. The Morgan fingerprint density at radius 1 is 1.12 bits per heavy atom. The molecule has 1 saturated heterocycles. The first-order valence-electron chi connectivity index (χ1n) is 8.73. The van der Waals surface area contributed by atoms with E-state index < -0.39 is 0 Å². The van der Waals surface area contributed by atoms with Crippen LogP contribution in [0.1, 0.15) is 22.5 Å². The fraction of sp³-hybridized carbons (Fsp3) is 0.316. The second-order valence-corrected chi connectivity index (χ2v) is 6.43. The number of benzene rings is 1. The monoisotopic (exact) mass is 352 g/mol. The van der Waals surface area contributed by atoms with Crippen molar-refractivity contribution >= 4 is 22.8 Å². The zero-order valence-electron chi connectivity index (χ0n) is 14.4. The molecular weight excluding hydrogens is 332 g/mol. The Bertz CT molecular complexity index is 916. The molecule has 0 unspecified atom stereocenters. The molecule has 7 heteroatoms. The predicted octanol–water partition coefficient (Wildman–Crippen LogP) is 2.07. The molecule has 0 atom stereocenters. The molecule has 1 aromatic carbocycles. The Morgan fingerprint density at radius 2 is 1.96 bits per heavy atom. The smallest absolute Gasteiger partial charge is 0.289 e. The number of furan rings is 1. The molecule has 2 amide bonds. The molecule has 26 heavy (non-hydrogen) atoms. The van der Waals surface area contributed by atoms with Gasteiger partial charge in [0, 0.05) is 26.2 Å². The molecule has 134 valence electrons. The average Bonchev–Trinajstić information content (AvgIpc) is 3.28. The molecule has 0 radical (unpaired) electrons. The van der Waals surface area contributed by atoms with Crippen LogP contribution >= 0.6 is 0 Å². The number of aromatic amines is 1. The van der Waals surface area contributed by atoms with Crippen molar-refractivity contribution in [2.45, 2.75) is 12.8 Å². The van der Waals surface area contributed by atoms with Crippen LogP contribution in [0.4, 0.5) is 0 Å². The number of hydrogen-bond acceptors (Lipinski definition) is 4. The maximum absolute atomic E-state index is 12.7. The van der Waals surface area contributed by atoms with Gasteiger partial charge in [0.15, 0.2) is 5.76 Å². The van der Waals surface area contributed by atoms with E-state index in [1.54, 1.807) is 23.4 Å². The first-order chi connectivity index (χ1) is 12.7. The normalized spacial score (nSPS) is 15.2. The molecule has 2 aromatic heterocycles. The van der Waals surface area contributed by atoms with Crippen molar-refractivity contribution in [1.29, 1.82) is 0 Å². The molecule has 3 heterocycles. The summed E-state index contributed by atoms with van der Waals surface area (Å²) < 4.78 is 5.19. The molecule has 0 bridgehead atoms. The van der Waals surface area contributed by atoms with Crippen molar-refractivity contribution in [1.82, 2.24) is 19.8 Å². The van der Waals surface area contributed by atoms with Gasteiger partial charge in [0.25, 0.3) is 5.91 Å². The second kappa shape index (κ2) is 7.03. The lowest BCUT2D eigenvalue weighted by atomic mass is 10.1. The fourth-order valence-corrected chi connectivity index (χ4v) is 3.31. The standard InChI is InChI=1S/C19H20N4O3/c24-18(12-14-4-5-15-16(11-14)21-13-20-15)22-6-2-7-23(9-8-22)19(25)17-3-1-10-26-17/h1,3-5,10-11,13H,2,6-9,12H2,(H,20,21). The molecule has 4 rings (SSSR count). The lowest BCUT2D eigenvalue weighted by Gasteiger charge is -2.21. The van der Waals surface area contributed by atoms with Crippen LogP contribution in [0.5, 0.6) is 0 Å². The van der Waals surface area contributed by atoms with E-state index in [1.165, 1.54) is 6.26 Å². The Hall–Kier alpha value is -3.09. The summed E-state index contributed by atoms with van der Waals surface area (Å²) >= 11 is 0. The number of aromatic nitrogens is 2. The summed E-state index contributed by atoms with van der Waals surface area (Å²) in [6.45, 7) is 2.35. The molecule has 1 N–H and O–H groups in total. The summed E-state index contributed by atoms with van der Waals surface area (Å²) in [4.78, 5) is 35.9. The quantitative estimate of drug-likeness (QED) is 0.782. The average molecular weight is 352 g/mol. The Labute approximate surface area is 150 Å². The van der Waals surface area contributed by atoms with Crippen LogP contribution in [-0.4, -0.2) is 57.8 Å². The largest absolute Gasteiger partial charge is 0.459 e. The van der Waals surface area contributed by atoms with Crippen LogP contribution in [0.15, 0.2) is 47.3 Å². The third-order valence-corrected chi connectivity index (χ3v) is 4.71. The van der Waals surface area contributed by atoms with E-state index in [4.69, 9.17) is 4.42 Å². The van der Waals surface area contributed by atoms with Gasteiger partial charge in [0.1, 0.15) is 0 Å². The van der Waals surface area contributed by atoms with E-state index in [0.29, 0.717) is 38.4 Å². The number of nitrogens with zero attached hydrogens (tertiary/aromatic N) is 3. The highest BCUT2D eigenvalue weighted by Crippen LogP contribution is 2.14. The minimum atomic E-state index is -0.117. The molecule has 7 nitrogen and oxygen atoms in total. The number of H-pyrrole nitrogens is 1. The van der Waals surface area contributed by atoms with Crippen molar-refractivity contribution < 1.29 is 14.0 Å². The first-order valence-corrected chi connectivity index (χ1v) is 8.73. The van der Waals surface area contributed by atoms with Gasteiger partial charge in [-0.25, -0.2) is 4.98 Å². The van der Waals surface area contributed by atoms with E-state index in [-0.39, 0.29) is 11.8 Å². The first kappa shape index (κ1) is 16.4. The zero-order chi connectivity index (χ0) is 17.9. The number of carbonyl (C=O) groups excluding carboxylic acids is 2. The maximum atomic E-state index is 12.7. The summed E-state index contributed by atoms with van der Waals surface area (Å²) in [5, 5.41) is 0. The number of carbonyl (C=O) groups is 2. The van der Waals surface area contributed by atoms with E-state index in [2.05, 4.69) is 9.97 Å². The maximum Gasteiger partial charge on any atom is 0.289 e. The number of imidazole rings is 1. The highest BCUT2D eigenvalue weighted by atomic mass is 16.3. The topological polar surface area (TPSA) is 82.4 Å². The van der Waals surface area contributed by atoms with Crippen LogP contribution in [0.3, 0.4) is 0 Å². The predicted molar refractivity (Wildman–Crippen MR) is 95.6 cm³/mol. The molecule has 1 aliphatic heterocycles. The summed E-state index contributed by atoms with van der Waals surface area (Å²) in [6.07, 6.45) is 4.26. The van der Waals surface area contributed by atoms with Crippen LogP contribution in [0.25, 0.3) is 11.0 Å². The number of nitrogens with one attached hydrogen (secondary N) is 1. The van der Waals surface area contributed by atoms with Crippen LogP contribution in [0, 0.1) is 0 Å². The number of hydrogen-bond donors (Lipinski definition) is 1. The minimum Gasteiger partial charge on any atom is -0.459 e. The zero-order valence-corrected chi connectivity index (χ0v) is 14.4. The lowest BCUT2D eigenvalue weighted by molar-refractivity contribution is -0.130. The van der Waals surface area contributed by atoms with Gasteiger partial charge in [0.05, 0.1) is 30.0 Å².